The van der Waals surface area contributed by atoms with Gasteiger partial charge in [0.1, 0.15) is 41.9 Å². The number of carbonyl (C=O) groups is 3. The molecule has 2 aromatic carbocycles. The van der Waals surface area contributed by atoms with E-state index < -0.39 is 17.6 Å². The highest BCUT2D eigenvalue weighted by Crippen LogP contribution is 2.44. The zero-order chi connectivity index (χ0) is 29.7. The molecule has 2 saturated heterocycles. The van der Waals surface area contributed by atoms with Crippen molar-refractivity contribution < 1.29 is 27.9 Å². The summed E-state index contributed by atoms with van der Waals surface area (Å²) in [7, 11) is 0. The first-order valence-electron chi connectivity index (χ1n) is 15.1. The van der Waals surface area contributed by atoms with E-state index in [2.05, 4.69) is 10.2 Å². The van der Waals surface area contributed by atoms with Gasteiger partial charge in [-0.3, -0.25) is 19.3 Å². The molecule has 10 heteroatoms. The van der Waals surface area contributed by atoms with E-state index in [-0.39, 0.29) is 54.4 Å². The summed E-state index contributed by atoms with van der Waals surface area (Å²) < 4.78 is 34.0. The molecule has 3 aliphatic heterocycles. The second kappa shape index (κ2) is 11.2. The van der Waals surface area contributed by atoms with E-state index in [0.29, 0.717) is 37.4 Å². The van der Waals surface area contributed by atoms with E-state index in [4.69, 9.17) is 4.74 Å². The zero-order valence-electron chi connectivity index (χ0n) is 23.8. The molecular formula is C33H34F2N4O4. The minimum Gasteiger partial charge on any atom is -0.491 e. The van der Waals surface area contributed by atoms with Gasteiger partial charge in [0.25, 0.3) is 0 Å². The Balaban J connectivity index is 1.18. The highest BCUT2D eigenvalue weighted by atomic mass is 19.1. The molecule has 7 rings (SSSR count). The van der Waals surface area contributed by atoms with E-state index in [9.17, 15) is 23.2 Å². The van der Waals surface area contributed by atoms with E-state index >= 15 is 0 Å². The number of ether oxygens (including phenoxy) is 1. The number of nitrogens with one attached hydrogen (secondary N) is 1. The first kappa shape index (κ1) is 27.8. The number of hydrogen-bond acceptors (Lipinski definition) is 6. The third-order valence-electron chi connectivity index (χ3n) is 9.27. The lowest BCUT2D eigenvalue weighted by Gasteiger charge is -2.57. The van der Waals surface area contributed by atoms with Gasteiger partial charge in [-0.2, -0.15) is 0 Å². The van der Waals surface area contributed by atoms with Crippen LogP contribution in [0.15, 0.2) is 71.8 Å². The number of allylic oxidation sites excluding steroid dienone is 1. The number of benzene rings is 2. The summed E-state index contributed by atoms with van der Waals surface area (Å²) in [6.45, 7) is 1.20. The van der Waals surface area contributed by atoms with Crippen LogP contribution < -0.4 is 5.32 Å². The molecule has 1 N–H and O–H groups in total. The SMILES string of the molecule is O=C(NCc1ccc(F)cc1F)C1=CN2C[C@@H]3N(C4CC4)C(=O)[C@@H]4C(=O)CCC[C@@H]4N3CC2=C(OCc2ccccc2)C1. The lowest BCUT2D eigenvalue weighted by Crippen LogP contribution is -2.72. The molecule has 0 aromatic heterocycles. The zero-order valence-corrected chi connectivity index (χ0v) is 23.8. The average Bonchev–Trinajstić information content (AvgIpc) is 3.84. The Labute approximate surface area is 249 Å². The maximum atomic E-state index is 14.2. The van der Waals surface area contributed by atoms with Crippen molar-refractivity contribution in [2.45, 2.75) is 69.9 Å². The number of ketones is 1. The van der Waals surface area contributed by atoms with E-state index in [1.807, 2.05) is 46.3 Å². The third-order valence-corrected chi connectivity index (χ3v) is 9.27. The van der Waals surface area contributed by atoms with E-state index in [0.717, 1.165) is 49.1 Å². The topological polar surface area (TPSA) is 82.2 Å². The highest BCUT2D eigenvalue weighted by molar-refractivity contribution is 6.03. The van der Waals surface area contributed by atoms with Gasteiger partial charge in [0.05, 0.1) is 12.2 Å². The molecule has 43 heavy (non-hydrogen) atoms. The molecule has 4 fully saturated rings. The van der Waals surface area contributed by atoms with Crippen molar-refractivity contribution in [2.75, 3.05) is 13.1 Å². The van der Waals surface area contributed by atoms with E-state index in [1.54, 1.807) is 0 Å². The fraction of sp³-hybridized carbons (Fsp3) is 0.424. The minimum atomic E-state index is -0.718. The van der Waals surface area contributed by atoms with E-state index in [1.165, 1.54) is 6.07 Å². The Morgan fingerprint density at radius 3 is 2.63 bits per heavy atom. The van der Waals surface area contributed by atoms with Crippen LogP contribution in [0, 0.1) is 17.6 Å². The molecule has 0 radical (unpaired) electrons. The van der Waals surface area contributed by atoms with Crippen molar-refractivity contribution in [1.82, 2.24) is 20.0 Å². The quantitative estimate of drug-likeness (QED) is 0.493. The molecule has 0 bridgehead atoms. The summed E-state index contributed by atoms with van der Waals surface area (Å²) >= 11 is 0. The molecule has 3 atom stereocenters. The molecular weight excluding hydrogens is 554 g/mol. The van der Waals surface area contributed by atoms with Crippen LogP contribution in [-0.4, -0.2) is 63.6 Å². The standard InChI is InChI=1S/C33H34F2N4O4/c34-23-10-9-21(25(35)14-23)15-36-32(41)22-13-29(43-19-20-5-2-1-3-6-20)27-17-38-26-7-4-8-28(40)31(26)33(42)39(24-11-12-24)30(38)18-37(27)16-22/h1-3,5-6,9-10,14,16,24,26,30-31H,4,7-8,11-13,15,17-19H2,(H,36,41)/t26-,30-,31-/m0/s1. The predicted molar refractivity (Wildman–Crippen MR) is 152 cm³/mol. The molecule has 0 unspecified atom stereocenters. The molecule has 2 aromatic rings. The Kier molecular flexibility index (Phi) is 7.25. The minimum absolute atomic E-state index is 0.0439. The number of carbonyl (C=O) groups excluding carboxylic acids is 3. The monoisotopic (exact) mass is 588 g/mol. The van der Waals surface area contributed by atoms with Crippen molar-refractivity contribution in [3.8, 4) is 0 Å². The van der Waals surface area contributed by atoms with Crippen LogP contribution >= 0.6 is 0 Å². The maximum Gasteiger partial charge on any atom is 0.249 e. The fourth-order valence-corrected chi connectivity index (χ4v) is 6.97. The van der Waals surface area contributed by atoms with Gasteiger partial charge < -0.3 is 19.9 Å². The van der Waals surface area contributed by atoms with Gasteiger partial charge in [0, 0.05) is 61.4 Å². The van der Waals surface area contributed by atoms with Crippen LogP contribution in [0.25, 0.3) is 0 Å². The van der Waals surface area contributed by atoms with Gasteiger partial charge in [-0.25, -0.2) is 8.78 Å². The fourth-order valence-electron chi connectivity index (χ4n) is 6.97. The predicted octanol–water partition coefficient (Wildman–Crippen LogP) is 3.98. The summed E-state index contributed by atoms with van der Waals surface area (Å²) in [6.07, 6.45) is 5.73. The second-order valence-electron chi connectivity index (χ2n) is 12.1. The van der Waals surface area contributed by atoms with Gasteiger partial charge >= 0.3 is 0 Å². The highest BCUT2D eigenvalue weighted by Gasteiger charge is 2.56. The van der Waals surface area contributed by atoms with Crippen molar-refractivity contribution >= 4 is 17.6 Å². The number of rotatable bonds is 7. The van der Waals surface area contributed by atoms with Crippen LogP contribution in [0.2, 0.25) is 0 Å². The number of halogens is 2. The van der Waals surface area contributed by atoms with Crippen molar-refractivity contribution in [3.63, 3.8) is 0 Å². The number of piperazine rings is 1. The molecule has 224 valence electrons. The van der Waals surface area contributed by atoms with Crippen LogP contribution in [-0.2, 0) is 32.3 Å². The van der Waals surface area contributed by atoms with Crippen LogP contribution in [0.4, 0.5) is 8.78 Å². The Bertz CT molecular complexity index is 1520. The Morgan fingerprint density at radius 1 is 1.05 bits per heavy atom. The van der Waals surface area contributed by atoms with Gasteiger partial charge in [-0.1, -0.05) is 36.4 Å². The lowest BCUT2D eigenvalue weighted by atomic mass is 9.78. The van der Waals surface area contributed by atoms with Crippen LogP contribution in [0.1, 0.15) is 49.7 Å². The Hall–Kier alpha value is -4.05. The van der Waals surface area contributed by atoms with Gasteiger partial charge in [0.15, 0.2) is 0 Å². The molecule has 0 spiro atoms. The molecule has 3 heterocycles. The normalized spacial score (nSPS) is 25.5. The third kappa shape index (κ3) is 5.33. The molecule has 5 aliphatic rings. The number of hydrogen-bond donors (Lipinski definition) is 1. The smallest absolute Gasteiger partial charge is 0.249 e. The first-order chi connectivity index (χ1) is 20.9. The summed E-state index contributed by atoms with van der Waals surface area (Å²) in [5.74, 6) is -1.72. The van der Waals surface area contributed by atoms with Crippen molar-refractivity contribution in [1.29, 1.82) is 0 Å². The number of Topliss-reactive ketones (excluding diaryl/α,β-unsaturated/α-hetero) is 1. The maximum absolute atomic E-state index is 14.2. The summed E-state index contributed by atoms with van der Waals surface area (Å²) in [5.41, 5.74) is 2.56. The van der Waals surface area contributed by atoms with Gasteiger partial charge in [0.2, 0.25) is 11.8 Å². The molecule has 2 saturated carbocycles. The van der Waals surface area contributed by atoms with Crippen molar-refractivity contribution in [2.24, 2.45) is 5.92 Å². The summed E-state index contributed by atoms with van der Waals surface area (Å²) in [6, 6.07) is 13.1. The number of fused-ring (bicyclic) bond motifs is 4. The van der Waals surface area contributed by atoms with Crippen molar-refractivity contribution in [3.05, 3.63) is 94.5 Å². The second-order valence-corrected chi connectivity index (χ2v) is 12.1. The summed E-state index contributed by atoms with van der Waals surface area (Å²) in [4.78, 5) is 46.4. The van der Waals surface area contributed by atoms with Crippen LogP contribution in [0.3, 0.4) is 0 Å². The number of nitrogens with zero attached hydrogens (tertiary/aromatic N) is 3. The van der Waals surface area contributed by atoms with Crippen LogP contribution in [0.5, 0.6) is 0 Å². The average molecular weight is 589 g/mol. The largest absolute Gasteiger partial charge is 0.491 e. The Morgan fingerprint density at radius 2 is 1.86 bits per heavy atom. The lowest BCUT2D eigenvalue weighted by molar-refractivity contribution is -0.169. The molecule has 2 amide bonds. The summed E-state index contributed by atoms with van der Waals surface area (Å²) in [5, 5.41) is 2.77. The first-order valence-corrected chi connectivity index (χ1v) is 15.1. The molecule has 2 aliphatic carbocycles. The van der Waals surface area contributed by atoms with Gasteiger partial charge in [-0.05, 0) is 37.3 Å². The number of amides is 2. The van der Waals surface area contributed by atoms with Gasteiger partial charge in [-0.15, -0.1) is 0 Å². The molecule has 8 nitrogen and oxygen atoms in total.